The Morgan fingerprint density at radius 1 is 1.05 bits per heavy atom. The topological polar surface area (TPSA) is 33.6 Å². The van der Waals surface area contributed by atoms with Crippen molar-refractivity contribution in [2.45, 2.75) is 13.8 Å². The van der Waals surface area contributed by atoms with Crippen molar-refractivity contribution in [3.8, 4) is 16.9 Å². The number of nitrogens with zero attached hydrogens (tertiary/aromatic N) is 2. The number of rotatable bonds is 2. The number of aryl methyl sites for hydroxylation is 2. The molecule has 0 unspecified atom stereocenters. The van der Waals surface area contributed by atoms with E-state index in [9.17, 15) is 0 Å². The van der Waals surface area contributed by atoms with E-state index in [0.29, 0.717) is 0 Å². The summed E-state index contributed by atoms with van der Waals surface area (Å²) in [5, 5.41) is 8.25. The van der Waals surface area contributed by atoms with Gasteiger partial charge in [0.2, 0.25) is 0 Å². The summed E-state index contributed by atoms with van der Waals surface area (Å²) in [7, 11) is 0. The Labute approximate surface area is 129 Å². The van der Waals surface area contributed by atoms with Crippen LogP contribution in [0.3, 0.4) is 0 Å². The highest BCUT2D eigenvalue weighted by Crippen LogP contribution is 2.27. The minimum atomic E-state index is 1.04. The van der Waals surface area contributed by atoms with Gasteiger partial charge in [0.25, 0.3) is 0 Å². The van der Waals surface area contributed by atoms with Crippen LogP contribution in [0.25, 0.3) is 27.8 Å². The first-order valence-electron chi connectivity index (χ1n) is 7.33. The summed E-state index contributed by atoms with van der Waals surface area (Å²) < 4.78 is 2.23. The zero-order valence-electron chi connectivity index (χ0n) is 12.6. The number of aromatic nitrogens is 3. The second-order valence-electron chi connectivity index (χ2n) is 5.60. The summed E-state index contributed by atoms with van der Waals surface area (Å²) in [5.74, 6) is 0. The van der Waals surface area contributed by atoms with E-state index in [4.69, 9.17) is 0 Å². The largest absolute Gasteiger partial charge is 0.313 e. The molecule has 107 valence electrons. The number of aromatic amines is 1. The van der Waals surface area contributed by atoms with Gasteiger partial charge in [0.15, 0.2) is 0 Å². The Hall–Kier alpha value is -2.81. The summed E-state index contributed by atoms with van der Waals surface area (Å²) in [4.78, 5) is 0. The lowest BCUT2D eigenvalue weighted by molar-refractivity contribution is 1.02. The first-order chi connectivity index (χ1) is 10.7. The Morgan fingerprint density at radius 2 is 1.86 bits per heavy atom. The van der Waals surface area contributed by atoms with Crippen LogP contribution in [0.15, 0.2) is 54.7 Å². The predicted octanol–water partition coefficient (Wildman–Crippen LogP) is 4.44. The maximum atomic E-state index is 4.09. The molecule has 3 heteroatoms. The van der Waals surface area contributed by atoms with Crippen molar-refractivity contribution in [2.24, 2.45) is 0 Å². The van der Waals surface area contributed by atoms with Gasteiger partial charge in [-0.25, -0.2) is 0 Å². The molecule has 0 fully saturated rings. The van der Waals surface area contributed by atoms with Gasteiger partial charge in [0.05, 0.1) is 17.4 Å². The first kappa shape index (κ1) is 12.9. The van der Waals surface area contributed by atoms with Gasteiger partial charge in [0.1, 0.15) is 0 Å². The third-order valence-electron chi connectivity index (χ3n) is 4.03. The van der Waals surface area contributed by atoms with Gasteiger partial charge in [-0.1, -0.05) is 29.8 Å². The minimum Gasteiger partial charge on any atom is -0.313 e. The number of hydrogen-bond acceptors (Lipinski definition) is 1. The fourth-order valence-electron chi connectivity index (χ4n) is 2.82. The van der Waals surface area contributed by atoms with Gasteiger partial charge in [-0.3, -0.25) is 5.10 Å². The highest BCUT2D eigenvalue weighted by molar-refractivity contribution is 5.80. The molecule has 2 heterocycles. The van der Waals surface area contributed by atoms with Crippen LogP contribution in [-0.4, -0.2) is 14.8 Å². The molecule has 0 aliphatic heterocycles. The molecule has 0 aliphatic rings. The Kier molecular flexibility index (Phi) is 2.86. The fraction of sp³-hybridized carbons (Fsp3) is 0.105. The molecular formula is C19H16N3. The maximum Gasteiger partial charge on any atom is 0.0671 e. The van der Waals surface area contributed by atoms with E-state index in [0.717, 1.165) is 28.0 Å². The van der Waals surface area contributed by atoms with E-state index in [1.807, 2.05) is 6.20 Å². The smallest absolute Gasteiger partial charge is 0.0671 e. The number of fused-ring (bicyclic) bond motifs is 1. The lowest BCUT2D eigenvalue weighted by Crippen LogP contribution is -1.99. The zero-order chi connectivity index (χ0) is 15.1. The van der Waals surface area contributed by atoms with E-state index < -0.39 is 0 Å². The van der Waals surface area contributed by atoms with Crippen molar-refractivity contribution in [1.82, 2.24) is 14.8 Å². The van der Waals surface area contributed by atoms with Crippen LogP contribution in [0.4, 0.5) is 0 Å². The van der Waals surface area contributed by atoms with Gasteiger partial charge in [-0.2, -0.15) is 5.10 Å². The van der Waals surface area contributed by atoms with Crippen LogP contribution in [-0.2, 0) is 0 Å². The Morgan fingerprint density at radius 3 is 2.68 bits per heavy atom. The molecule has 4 rings (SSSR count). The van der Waals surface area contributed by atoms with E-state index in [1.165, 1.54) is 11.1 Å². The van der Waals surface area contributed by atoms with Gasteiger partial charge < -0.3 is 4.57 Å². The van der Waals surface area contributed by atoms with Gasteiger partial charge in [-0.05, 0) is 43.7 Å². The molecule has 1 radical (unpaired) electrons. The lowest BCUT2D eigenvalue weighted by Gasteiger charge is -2.12. The molecule has 0 spiro atoms. The van der Waals surface area contributed by atoms with Crippen molar-refractivity contribution in [2.75, 3.05) is 0 Å². The standard InChI is InChI=1S/C19H16N3/c1-13-3-6-15(7-4-13)19-10-5-14(2)22(19)17-9-8-16-12-20-21-18(16)11-17/h3-4,6-12H,1-2H3,(H,20,21). The SMILES string of the molecule is Cc1ccc(-c2c[c]c(C)n2-c2ccc3cn[nH]c3c2)cc1. The molecule has 0 amide bonds. The first-order valence-corrected chi connectivity index (χ1v) is 7.33. The molecule has 22 heavy (non-hydrogen) atoms. The summed E-state index contributed by atoms with van der Waals surface area (Å²) >= 11 is 0. The zero-order valence-corrected chi connectivity index (χ0v) is 12.6. The fourth-order valence-corrected chi connectivity index (χ4v) is 2.82. The quantitative estimate of drug-likeness (QED) is 0.581. The third-order valence-corrected chi connectivity index (χ3v) is 4.03. The number of benzene rings is 2. The molecule has 2 aromatic carbocycles. The molecule has 0 bridgehead atoms. The van der Waals surface area contributed by atoms with Crippen molar-refractivity contribution >= 4 is 10.9 Å². The second-order valence-corrected chi connectivity index (χ2v) is 5.60. The second kappa shape index (κ2) is 4.88. The van der Waals surface area contributed by atoms with Crippen LogP contribution in [0.5, 0.6) is 0 Å². The van der Waals surface area contributed by atoms with E-state index in [1.54, 1.807) is 0 Å². The number of hydrogen-bond donors (Lipinski definition) is 1. The van der Waals surface area contributed by atoms with Crippen molar-refractivity contribution < 1.29 is 0 Å². The summed E-state index contributed by atoms with van der Waals surface area (Å²) in [6, 6.07) is 20.3. The molecule has 0 saturated carbocycles. The molecule has 4 aromatic rings. The van der Waals surface area contributed by atoms with Crippen LogP contribution >= 0.6 is 0 Å². The van der Waals surface area contributed by atoms with Gasteiger partial charge in [0, 0.05) is 22.8 Å². The average Bonchev–Trinajstić information content (AvgIpc) is 3.13. The average molecular weight is 286 g/mol. The van der Waals surface area contributed by atoms with E-state index in [2.05, 4.69) is 83.2 Å². The van der Waals surface area contributed by atoms with Crippen molar-refractivity contribution in [1.29, 1.82) is 0 Å². The lowest BCUT2D eigenvalue weighted by atomic mass is 10.1. The molecule has 0 aliphatic carbocycles. The van der Waals surface area contributed by atoms with E-state index in [-0.39, 0.29) is 0 Å². The third kappa shape index (κ3) is 2.02. The van der Waals surface area contributed by atoms with Crippen LogP contribution in [0.2, 0.25) is 0 Å². The van der Waals surface area contributed by atoms with Crippen LogP contribution < -0.4 is 0 Å². The molecular weight excluding hydrogens is 270 g/mol. The predicted molar refractivity (Wildman–Crippen MR) is 89.2 cm³/mol. The van der Waals surface area contributed by atoms with Crippen LogP contribution in [0, 0.1) is 19.9 Å². The summed E-state index contributed by atoms with van der Waals surface area (Å²) in [5.41, 5.74) is 6.86. The molecule has 1 N–H and O–H groups in total. The van der Waals surface area contributed by atoms with Crippen molar-refractivity contribution in [3.05, 3.63) is 72.1 Å². The summed E-state index contributed by atoms with van der Waals surface area (Å²) in [6.07, 6.45) is 1.84. The molecule has 2 aromatic heterocycles. The highest BCUT2D eigenvalue weighted by Gasteiger charge is 2.10. The van der Waals surface area contributed by atoms with Crippen molar-refractivity contribution in [3.63, 3.8) is 0 Å². The number of nitrogens with one attached hydrogen (secondary N) is 1. The highest BCUT2D eigenvalue weighted by atomic mass is 15.1. The monoisotopic (exact) mass is 286 g/mol. The number of H-pyrrole nitrogens is 1. The maximum absolute atomic E-state index is 4.09. The molecule has 0 atom stereocenters. The molecule has 0 saturated heterocycles. The van der Waals surface area contributed by atoms with Gasteiger partial charge >= 0.3 is 0 Å². The van der Waals surface area contributed by atoms with Gasteiger partial charge in [-0.15, -0.1) is 0 Å². The summed E-state index contributed by atoms with van der Waals surface area (Å²) in [6.45, 7) is 4.18. The van der Waals surface area contributed by atoms with E-state index >= 15 is 0 Å². The Bertz CT molecular complexity index is 942. The molecule has 3 nitrogen and oxygen atoms in total. The Balaban J connectivity index is 1.91. The van der Waals surface area contributed by atoms with Crippen LogP contribution in [0.1, 0.15) is 11.3 Å². The normalized spacial score (nSPS) is 11.2. The minimum absolute atomic E-state index is 1.04.